The third-order valence-corrected chi connectivity index (χ3v) is 3.62. The zero-order valence-corrected chi connectivity index (χ0v) is 12.5. The van der Waals surface area contributed by atoms with Crippen LogP contribution in [0.2, 0.25) is 0 Å². The summed E-state index contributed by atoms with van der Waals surface area (Å²) in [4.78, 5) is 12.8. The summed E-state index contributed by atoms with van der Waals surface area (Å²) in [6.45, 7) is -1.51. The average molecular weight is 355 g/mol. The van der Waals surface area contributed by atoms with Crippen molar-refractivity contribution in [3.8, 4) is 0 Å². The molecule has 1 amide bonds. The normalized spacial score (nSPS) is 18.7. The van der Waals surface area contributed by atoms with E-state index in [1.54, 1.807) is 0 Å². The molecule has 0 bridgehead atoms. The molecule has 1 fully saturated rings. The van der Waals surface area contributed by atoms with Gasteiger partial charge < -0.3 is 9.64 Å². The lowest BCUT2D eigenvalue weighted by atomic mass is 10.1. The maximum atomic E-state index is 12.7. The first-order valence-electron chi connectivity index (χ1n) is 7.16. The van der Waals surface area contributed by atoms with Crippen LogP contribution in [0, 0.1) is 5.92 Å². The highest BCUT2D eigenvalue weighted by atomic mass is 19.4. The Kier molecular flexibility index (Phi) is 5.42. The van der Waals surface area contributed by atoms with Gasteiger partial charge in [0, 0.05) is 13.2 Å². The number of halogens is 6. The van der Waals surface area contributed by atoms with Crippen LogP contribution in [0.15, 0.2) is 24.3 Å². The van der Waals surface area contributed by atoms with Crippen LogP contribution in [0.1, 0.15) is 17.5 Å². The van der Waals surface area contributed by atoms with Gasteiger partial charge in [-0.1, -0.05) is 12.1 Å². The minimum Gasteiger partial charge on any atom is -0.381 e. The van der Waals surface area contributed by atoms with Crippen LogP contribution in [0.4, 0.5) is 26.3 Å². The number of carbonyl (C=O) groups excluding carboxylic acids is 1. The Bertz CT molecular complexity index is 561. The quantitative estimate of drug-likeness (QED) is 0.772. The third-order valence-electron chi connectivity index (χ3n) is 3.62. The summed E-state index contributed by atoms with van der Waals surface area (Å²) in [6.07, 6.45) is -8.79. The maximum absolute atomic E-state index is 12.7. The minimum atomic E-state index is -4.60. The van der Waals surface area contributed by atoms with E-state index in [2.05, 4.69) is 0 Å². The minimum absolute atomic E-state index is 0.0558. The molecular formula is C15H15F6NO2. The van der Waals surface area contributed by atoms with Gasteiger partial charge in [0.25, 0.3) is 0 Å². The van der Waals surface area contributed by atoms with Crippen molar-refractivity contribution in [1.29, 1.82) is 0 Å². The molecule has 1 saturated heterocycles. The highest BCUT2D eigenvalue weighted by Gasteiger charge is 2.36. The molecule has 0 aliphatic carbocycles. The Labute approximate surface area is 134 Å². The predicted octanol–water partition coefficient (Wildman–Crippen LogP) is 3.63. The van der Waals surface area contributed by atoms with E-state index >= 15 is 0 Å². The molecular weight excluding hydrogens is 340 g/mol. The second-order valence-electron chi connectivity index (χ2n) is 5.56. The van der Waals surface area contributed by atoms with Crippen LogP contribution < -0.4 is 0 Å². The molecule has 0 radical (unpaired) electrons. The maximum Gasteiger partial charge on any atom is 0.416 e. The molecule has 134 valence electrons. The molecule has 1 atom stereocenters. The lowest BCUT2D eigenvalue weighted by Crippen LogP contribution is -2.42. The average Bonchev–Trinajstić information content (AvgIpc) is 2.98. The summed E-state index contributed by atoms with van der Waals surface area (Å²) in [5.74, 6) is -1.36. The number of hydrogen-bond donors (Lipinski definition) is 0. The molecule has 0 N–H and O–H groups in total. The first-order chi connectivity index (χ1) is 11.1. The predicted molar refractivity (Wildman–Crippen MR) is 71.8 cm³/mol. The Balaban J connectivity index is 2.13. The van der Waals surface area contributed by atoms with E-state index in [4.69, 9.17) is 4.74 Å². The molecule has 9 heteroatoms. The largest absolute Gasteiger partial charge is 0.416 e. The lowest BCUT2D eigenvalue weighted by molar-refractivity contribution is -0.165. The second-order valence-corrected chi connectivity index (χ2v) is 5.56. The van der Waals surface area contributed by atoms with Crippen LogP contribution >= 0.6 is 0 Å². The zero-order chi connectivity index (χ0) is 18.0. The smallest absolute Gasteiger partial charge is 0.381 e. The molecule has 1 heterocycles. The summed E-state index contributed by atoms with van der Waals surface area (Å²) in [7, 11) is 0. The van der Waals surface area contributed by atoms with Crippen molar-refractivity contribution in [2.24, 2.45) is 5.92 Å². The van der Waals surface area contributed by atoms with Gasteiger partial charge in [-0.25, -0.2) is 0 Å². The summed E-state index contributed by atoms with van der Waals surface area (Å²) in [5.41, 5.74) is -0.705. The molecule has 1 aromatic carbocycles. The van der Waals surface area contributed by atoms with E-state index in [0.29, 0.717) is 17.9 Å². The molecule has 3 nitrogen and oxygen atoms in total. The standard InChI is InChI=1S/C15H15F6NO2/c16-14(17,18)9-22(13(23)11-5-6-24-8-11)7-10-1-3-12(4-2-10)15(19,20)21/h1-4,11H,5-9H2. The molecule has 24 heavy (non-hydrogen) atoms. The molecule has 1 aliphatic rings. The Morgan fingerprint density at radius 2 is 1.75 bits per heavy atom. The highest BCUT2D eigenvalue weighted by Crippen LogP contribution is 2.29. The Hall–Kier alpha value is -1.77. The van der Waals surface area contributed by atoms with E-state index in [9.17, 15) is 31.1 Å². The van der Waals surface area contributed by atoms with E-state index in [1.807, 2.05) is 0 Å². The van der Waals surface area contributed by atoms with E-state index < -0.39 is 42.8 Å². The fourth-order valence-corrected chi connectivity index (χ4v) is 2.44. The van der Waals surface area contributed by atoms with Gasteiger partial charge in [0.1, 0.15) is 6.54 Å². The fraction of sp³-hybridized carbons (Fsp3) is 0.533. The van der Waals surface area contributed by atoms with Crippen molar-refractivity contribution in [1.82, 2.24) is 4.90 Å². The van der Waals surface area contributed by atoms with Gasteiger partial charge in [0.15, 0.2) is 0 Å². The molecule has 1 unspecified atom stereocenters. The van der Waals surface area contributed by atoms with Gasteiger partial charge in [0.05, 0.1) is 18.1 Å². The van der Waals surface area contributed by atoms with Crippen molar-refractivity contribution in [2.45, 2.75) is 25.3 Å². The third kappa shape index (κ3) is 5.12. The van der Waals surface area contributed by atoms with E-state index in [-0.39, 0.29) is 12.2 Å². The van der Waals surface area contributed by atoms with E-state index in [0.717, 1.165) is 24.3 Å². The van der Waals surface area contributed by atoms with Gasteiger partial charge in [0.2, 0.25) is 5.91 Å². The van der Waals surface area contributed by atoms with Crippen LogP contribution in [-0.2, 0) is 22.3 Å². The van der Waals surface area contributed by atoms with Crippen molar-refractivity contribution in [2.75, 3.05) is 19.8 Å². The SMILES string of the molecule is O=C(C1CCOC1)N(Cc1ccc(C(F)(F)F)cc1)CC(F)(F)F. The lowest BCUT2D eigenvalue weighted by Gasteiger charge is -2.26. The van der Waals surface area contributed by atoms with Crippen molar-refractivity contribution in [3.63, 3.8) is 0 Å². The topological polar surface area (TPSA) is 29.5 Å². The number of amides is 1. The second kappa shape index (κ2) is 7.00. The fourth-order valence-electron chi connectivity index (χ4n) is 2.44. The van der Waals surface area contributed by atoms with Crippen LogP contribution in [0.25, 0.3) is 0 Å². The van der Waals surface area contributed by atoms with Gasteiger partial charge in [-0.2, -0.15) is 26.3 Å². The summed E-state index contributed by atoms with van der Waals surface area (Å²) < 4.78 is 80.6. The van der Waals surface area contributed by atoms with Gasteiger partial charge in [-0.3, -0.25) is 4.79 Å². The van der Waals surface area contributed by atoms with Gasteiger partial charge in [-0.05, 0) is 24.1 Å². The number of alkyl halides is 6. The number of nitrogens with zero attached hydrogens (tertiary/aromatic N) is 1. The molecule has 0 aromatic heterocycles. The molecule has 1 aliphatic heterocycles. The summed E-state index contributed by atoms with van der Waals surface area (Å²) in [6, 6.07) is 3.71. The van der Waals surface area contributed by atoms with Crippen molar-refractivity contribution >= 4 is 5.91 Å². The molecule has 0 spiro atoms. The van der Waals surface area contributed by atoms with Crippen LogP contribution in [0.5, 0.6) is 0 Å². The number of hydrogen-bond acceptors (Lipinski definition) is 2. The first kappa shape index (κ1) is 18.6. The summed E-state index contributed by atoms with van der Waals surface area (Å²) in [5, 5.41) is 0. The number of benzene rings is 1. The first-order valence-corrected chi connectivity index (χ1v) is 7.16. The zero-order valence-electron chi connectivity index (χ0n) is 12.5. The number of carbonyl (C=O) groups is 1. The Morgan fingerprint density at radius 1 is 1.12 bits per heavy atom. The highest BCUT2D eigenvalue weighted by molar-refractivity contribution is 5.79. The van der Waals surface area contributed by atoms with Crippen molar-refractivity contribution < 1.29 is 35.9 Å². The van der Waals surface area contributed by atoms with Crippen molar-refractivity contribution in [3.05, 3.63) is 35.4 Å². The van der Waals surface area contributed by atoms with Gasteiger partial charge >= 0.3 is 12.4 Å². The van der Waals surface area contributed by atoms with Gasteiger partial charge in [-0.15, -0.1) is 0 Å². The monoisotopic (exact) mass is 355 g/mol. The molecule has 0 saturated carbocycles. The van der Waals surface area contributed by atoms with Crippen LogP contribution in [-0.4, -0.2) is 36.7 Å². The summed E-state index contributed by atoms with van der Waals surface area (Å²) >= 11 is 0. The molecule has 1 aromatic rings. The Morgan fingerprint density at radius 3 is 2.21 bits per heavy atom. The molecule has 2 rings (SSSR count). The number of ether oxygens (including phenoxy) is 1. The van der Waals surface area contributed by atoms with E-state index in [1.165, 1.54) is 0 Å². The van der Waals surface area contributed by atoms with Crippen LogP contribution in [0.3, 0.4) is 0 Å². The number of rotatable bonds is 4.